The molecule has 8 nitrogen and oxygen atoms in total. The fraction of sp³-hybridized carbons (Fsp3) is 0.267. The van der Waals surface area contributed by atoms with Gasteiger partial charge >= 0.3 is 11.9 Å². The molecular weight excluding hydrogens is 323 g/mol. The third-order valence-corrected chi connectivity index (χ3v) is 3.42. The molecule has 0 fully saturated rings. The third kappa shape index (κ3) is 3.35. The van der Waals surface area contributed by atoms with Gasteiger partial charge < -0.3 is 25.2 Å². The summed E-state index contributed by atoms with van der Waals surface area (Å²) in [5.74, 6) is -3.67. The fourth-order valence-corrected chi connectivity index (χ4v) is 2.26. The van der Waals surface area contributed by atoms with Crippen molar-refractivity contribution in [2.24, 2.45) is 0 Å². The molecule has 0 radical (unpaired) electrons. The molecule has 0 spiro atoms. The minimum absolute atomic E-state index is 0.0246. The molecule has 0 aliphatic carbocycles. The number of carboxylic acids is 1. The number of nitrogens with zero attached hydrogens (tertiary/aromatic N) is 1. The molecule has 0 aromatic heterocycles. The highest BCUT2D eigenvalue weighted by Gasteiger charge is 2.34. The standard InChI is InChI=1S/C15H15FN2O6/c1-24-15(23)10-7-18(4-5-19)13(20)12(10)17-8-2-3-9(14(21)22)11(16)6-8/h2-3,6,17,19H,4-5,7H2,1H3,(H,21,22). The van der Waals surface area contributed by atoms with Crippen molar-refractivity contribution in [1.82, 2.24) is 4.90 Å². The number of aliphatic hydroxyl groups excluding tert-OH is 1. The van der Waals surface area contributed by atoms with E-state index in [-0.39, 0.29) is 36.7 Å². The summed E-state index contributed by atoms with van der Waals surface area (Å²) in [6, 6.07) is 3.23. The van der Waals surface area contributed by atoms with Gasteiger partial charge in [0.15, 0.2) is 0 Å². The number of hydrogen-bond acceptors (Lipinski definition) is 6. The Morgan fingerprint density at radius 3 is 2.67 bits per heavy atom. The second-order valence-corrected chi connectivity index (χ2v) is 4.92. The lowest BCUT2D eigenvalue weighted by molar-refractivity contribution is -0.136. The number of carbonyl (C=O) groups excluding carboxylic acids is 2. The molecular formula is C15H15FN2O6. The lowest BCUT2D eigenvalue weighted by atomic mass is 10.1. The monoisotopic (exact) mass is 338 g/mol. The summed E-state index contributed by atoms with van der Waals surface area (Å²) < 4.78 is 18.4. The van der Waals surface area contributed by atoms with Crippen LogP contribution in [0.2, 0.25) is 0 Å². The Kier molecular flexibility index (Phi) is 5.14. The zero-order valence-electron chi connectivity index (χ0n) is 12.7. The van der Waals surface area contributed by atoms with Crippen LogP contribution in [0.15, 0.2) is 29.5 Å². The van der Waals surface area contributed by atoms with E-state index in [2.05, 4.69) is 10.1 Å². The Balaban J connectivity index is 2.33. The molecule has 128 valence electrons. The molecule has 0 saturated carbocycles. The van der Waals surface area contributed by atoms with Crippen molar-refractivity contribution in [2.75, 3.05) is 32.1 Å². The predicted molar refractivity (Wildman–Crippen MR) is 79.7 cm³/mol. The number of ether oxygens (including phenoxy) is 1. The molecule has 1 aliphatic rings. The van der Waals surface area contributed by atoms with Crippen LogP contribution < -0.4 is 5.32 Å². The maximum absolute atomic E-state index is 13.7. The van der Waals surface area contributed by atoms with Gasteiger partial charge in [0.1, 0.15) is 11.5 Å². The van der Waals surface area contributed by atoms with Gasteiger partial charge in [-0.3, -0.25) is 4.79 Å². The highest BCUT2D eigenvalue weighted by atomic mass is 19.1. The molecule has 1 amide bonds. The van der Waals surface area contributed by atoms with Crippen molar-refractivity contribution in [3.63, 3.8) is 0 Å². The van der Waals surface area contributed by atoms with Gasteiger partial charge in [0.2, 0.25) is 0 Å². The smallest absolute Gasteiger partial charge is 0.338 e. The third-order valence-electron chi connectivity index (χ3n) is 3.42. The molecule has 0 atom stereocenters. The molecule has 2 rings (SSSR count). The predicted octanol–water partition coefficient (Wildman–Crippen LogP) is 0.197. The summed E-state index contributed by atoms with van der Waals surface area (Å²) in [5, 5.41) is 20.4. The normalized spacial score (nSPS) is 14.1. The number of hydrogen-bond donors (Lipinski definition) is 3. The number of carbonyl (C=O) groups is 3. The molecule has 0 unspecified atom stereocenters. The maximum atomic E-state index is 13.7. The first kappa shape index (κ1) is 17.4. The van der Waals surface area contributed by atoms with Crippen molar-refractivity contribution >= 4 is 23.5 Å². The number of aromatic carboxylic acids is 1. The Hall–Kier alpha value is -2.94. The molecule has 0 bridgehead atoms. The van der Waals surface area contributed by atoms with Crippen LogP contribution in [0, 0.1) is 5.82 Å². The second kappa shape index (κ2) is 7.09. The topological polar surface area (TPSA) is 116 Å². The second-order valence-electron chi connectivity index (χ2n) is 4.92. The van der Waals surface area contributed by atoms with Crippen molar-refractivity contribution in [3.8, 4) is 0 Å². The van der Waals surface area contributed by atoms with E-state index in [1.54, 1.807) is 0 Å². The highest BCUT2D eigenvalue weighted by Crippen LogP contribution is 2.23. The van der Waals surface area contributed by atoms with Gasteiger partial charge in [-0.2, -0.15) is 0 Å². The number of aliphatic hydroxyl groups is 1. The fourth-order valence-electron chi connectivity index (χ4n) is 2.26. The number of anilines is 1. The van der Waals surface area contributed by atoms with Gasteiger partial charge in [-0.05, 0) is 18.2 Å². The summed E-state index contributed by atoms with van der Waals surface area (Å²) in [6.45, 7) is -0.309. The number of amides is 1. The molecule has 1 aromatic carbocycles. The zero-order chi connectivity index (χ0) is 17.9. The van der Waals surface area contributed by atoms with Crippen LogP contribution in [0.3, 0.4) is 0 Å². The minimum atomic E-state index is -1.42. The molecule has 9 heteroatoms. The van der Waals surface area contributed by atoms with Crippen LogP contribution in [-0.4, -0.2) is 59.8 Å². The average Bonchev–Trinajstić information content (AvgIpc) is 2.84. The SMILES string of the molecule is COC(=O)C1=C(Nc2ccc(C(=O)O)c(F)c2)C(=O)N(CCO)C1. The number of β-amino-alcohol motifs (C(OH)–C–C–N with tert-alkyl or cyclic N) is 1. The summed E-state index contributed by atoms with van der Waals surface area (Å²) in [6.07, 6.45) is 0. The number of halogens is 1. The number of esters is 1. The Morgan fingerprint density at radius 2 is 2.12 bits per heavy atom. The summed E-state index contributed by atoms with van der Waals surface area (Å²) in [4.78, 5) is 36.1. The van der Waals surface area contributed by atoms with Gasteiger partial charge in [0, 0.05) is 12.2 Å². The van der Waals surface area contributed by atoms with E-state index < -0.39 is 29.2 Å². The van der Waals surface area contributed by atoms with Crippen LogP contribution in [0.4, 0.5) is 10.1 Å². The zero-order valence-corrected chi connectivity index (χ0v) is 12.7. The van der Waals surface area contributed by atoms with E-state index in [9.17, 15) is 18.8 Å². The molecule has 1 aromatic rings. The maximum Gasteiger partial charge on any atom is 0.338 e. The number of methoxy groups -OCH3 is 1. The van der Waals surface area contributed by atoms with E-state index in [0.29, 0.717) is 0 Å². The molecule has 3 N–H and O–H groups in total. The van der Waals surface area contributed by atoms with Crippen LogP contribution in [0.25, 0.3) is 0 Å². The Labute approximate surface area is 136 Å². The van der Waals surface area contributed by atoms with E-state index in [4.69, 9.17) is 10.2 Å². The van der Waals surface area contributed by atoms with Gasteiger partial charge in [0.05, 0.1) is 31.4 Å². The van der Waals surface area contributed by atoms with E-state index in [1.807, 2.05) is 0 Å². The van der Waals surface area contributed by atoms with Crippen LogP contribution in [-0.2, 0) is 14.3 Å². The van der Waals surface area contributed by atoms with Crippen molar-refractivity contribution in [1.29, 1.82) is 0 Å². The quantitative estimate of drug-likeness (QED) is 0.634. The van der Waals surface area contributed by atoms with Crippen molar-refractivity contribution < 1.29 is 33.7 Å². The molecule has 0 saturated heterocycles. The van der Waals surface area contributed by atoms with Gasteiger partial charge in [-0.25, -0.2) is 14.0 Å². The lowest BCUT2D eigenvalue weighted by Gasteiger charge is -2.15. The van der Waals surface area contributed by atoms with Crippen molar-refractivity contribution in [2.45, 2.75) is 0 Å². The first-order valence-electron chi connectivity index (χ1n) is 6.90. The van der Waals surface area contributed by atoms with Gasteiger partial charge in [-0.15, -0.1) is 0 Å². The van der Waals surface area contributed by atoms with E-state index in [1.165, 1.54) is 11.0 Å². The highest BCUT2D eigenvalue weighted by molar-refractivity contribution is 6.08. The van der Waals surface area contributed by atoms with E-state index >= 15 is 0 Å². The number of benzene rings is 1. The van der Waals surface area contributed by atoms with Crippen molar-refractivity contribution in [3.05, 3.63) is 40.8 Å². The van der Waals surface area contributed by atoms with Crippen LogP contribution >= 0.6 is 0 Å². The minimum Gasteiger partial charge on any atom is -0.478 e. The molecule has 1 aliphatic heterocycles. The van der Waals surface area contributed by atoms with Gasteiger partial charge in [0.25, 0.3) is 5.91 Å². The number of nitrogens with one attached hydrogen (secondary N) is 1. The largest absolute Gasteiger partial charge is 0.478 e. The number of rotatable bonds is 6. The summed E-state index contributed by atoms with van der Waals surface area (Å²) in [7, 11) is 1.16. The Morgan fingerprint density at radius 1 is 1.42 bits per heavy atom. The van der Waals surface area contributed by atoms with E-state index in [0.717, 1.165) is 19.2 Å². The van der Waals surface area contributed by atoms with Gasteiger partial charge in [-0.1, -0.05) is 0 Å². The molecule has 1 heterocycles. The lowest BCUT2D eigenvalue weighted by Crippen LogP contribution is -2.31. The Bertz CT molecular complexity index is 731. The molecule has 24 heavy (non-hydrogen) atoms. The summed E-state index contributed by atoms with van der Waals surface area (Å²) >= 11 is 0. The first-order chi connectivity index (χ1) is 11.4. The summed E-state index contributed by atoms with van der Waals surface area (Å²) in [5.41, 5.74) is -0.466. The first-order valence-corrected chi connectivity index (χ1v) is 6.90. The average molecular weight is 338 g/mol. The number of carboxylic acid groups (broad SMARTS) is 1. The van der Waals surface area contributed by atoms with Crippen LogP contribution in [0.1, 0.15) is 10.4 Å². The van der Waals surface area contributed by atoms with Crippen LogP contribution in [0.5, 0.6) is 0 Å².